The quantitative estimate of drug-likeness (QED) is 0.914. The minimum absolute atomic E-state index is 0.314. The van der Waals surface area contributed by atoms with Crippen molar-refractivity contribution in [1.82, 2.24) is 4.90 Å². The zero-order valence-electron chi connectivity index (χ0n) is 11.6. The summed E-state index contributed by atoms with van der Waals surface area (Å²) < 4.78 is 5.79. The fraction of sp³-hybridized carbons (Fsp3) is 0.562. The normalized spacial score (nSPS) is 28.0. The Morgan fingerprint density at radius 1 is 1.35 bits per heavy atom. The largest absolute Gasteiger partial charge is 0.481 e. The number of carboxylic acid groups (broad SMARTS) is 1. The smallest absolute Gasteiger partial charge is 0.312 e. The second kappa shape index (κ2) is 5.94. The molecule has 4 heteroatoms. The summed E-state index contributed by atoms with van der Waals surface area (Å²) in [6, 6.07) is 9.96. The number of aliphatic carboxylic acids is 1. The molecule has 0 radical (unpaired) electrons. The van der Waals surface area contributed by atoms with Crippen molar-refractivity contribution < 1.29 is 14.6 Å². The highest BCUT2D eigenvalue weighted by molar-refractivity contribution is 5.76. The van der Waals surface area contributed by atoms with E-state index in [9.17, 15) is 9.90 Å². The second-order valence-corrected chi connectivity index (χ2v) is 5.70. The molecule has 0 aromatic heterocycles. The molecule has 1 aliphatic heterocycles. The molecule has 0 amide bonds. The first-order chi connectivity index (χ1) is 9.75. The lowest BCUT2D eigenvalue weighted by Crippen LogP contribution is -2.50. The van der Waals surface area contributed by atoms with Crippen LogP contribution in [0.15, 0.2) is 30.3 Å². The summed E-state index contributed by atoms with van der Waals surface area (Å²) in [5.74, 6) is -1.19. The van der Waals surface area contributed by atoms with Gasteiger partial charge in [0.1, 0.15) is 0 Å². The third-order valence-electron chi connectivity index (χ3n) is 4.51. The van der Waals surface area contributed by atoms with Crippen LogP contribution in [0.4, 0.5) is 0 Å². The summed E-state index contributed by atoms with van der Waals surface area (Å²) in [4.78, 5) is 13.9. The van der Waals surface area contributed by atoms with Gasteiger partial charge >= 0.3 is 5.97 Å². The van der Waals surface area contributed by atoms with Crippen molar-refractivity contribution in [2.24, 2.45) is 0 Å². The Morgan fingerprint density at radius 2 is 2.15 bits per heavy atom. The van der Waals surface area contributed by atoms with E-state index in [0.717, 1.165) is 31.6 Å². The third kappa shape index (κ3) is 2.72. The third-order valence-corrected chi connectivity index (χ3v) is 4.51. The van der Waals surface area contributed by atoms with E-state index in [1.807, 2.05) is 30.3 Å². The minimum atomic E-state index is -0.739. The number of fused-ring (bicyclic) bond motifs is 1. The minimum Gasteiger partial charge on any atom is -0.481 e. The van der Waals surface area contributed by atoms with Gasteiger partial charge in [0.2, 0.25) is 0 Å². The van der Waals surface area contributed by atoms with Gasteiger partial charge in [-0.15, -0.1) is 0 Å². The van der Waals surface area contributed by atoms with E-state index < -0.39 is 11.9 Å². The molecule has 3 rings (SSSR count). The maximum absolute atomic E-state index is 11.6. The molecule has 1 saturated carbocycles. The lowest BCUT2D eigenvalue weighted by molar-refractivity contribution is -0.140. The SMILES string of the molecule is O=C(O)C(CN1CCOC2CCCC21)c1ccccc1. The van der Waals surface area contributed by atoms with Crippen LogP contribution in [-0.2, 0) is 9.53 Å². The van der Waals surface area contributed by atoms with Gasteiger partial charge in [0.15, 0.2) is 0 Å². The highest BCUT2D eigenvalue weighted by atomic mass is 16.5. The van der Waals surface area contributed by atoms with E-state index in [-0.39, 0.29) is 0 Å². The van der Waals surface area contributed by atoms with E-state index in [4.69, 9.17) is 4.74 Å². The number of ether oxygens (including phenoxy) is 1. The van der Waals surface area contributed by atoms with E-state index in [1.54, 1.807) is 0 Å². The first-order valence-corrected chi connectivity index (χ1v) is 7.39. The zero-order chi connectivity index (χ0) is 13.9. The Kier molecular flexibility index (Phi) is 4.03. The fourth-order valence-electron chi connectivity index (χ4n) is 3.48. The monoisotopic (exact) mass is 275 g/mol. The van der Waals surface area contributed by atoms with Crippen LogP contribution < -0.4 is 0 Å². The van der Waals surface area contributed by atoms with Gasteiger partial charge in [-0.25, -0.2) is 0 Å². The Balaban J connectivity index is 1.75. The van der Waals surface area contributed by atoms with E-state index in [2.05, 4.69) is 4.90 Å². The van der Waals surface area contributed by atoms with Crippen LogP contribution in [0.1, 0.15) is 30.7 Å². The molecular weight excluding hydrogens is 254 g/mol. The van der Waals surface area contributed by atoms with Gasteiger partial charge < -0.3 is 9.84 Å². The Labute approximate surface area is 119 Å². The summed E-state index contributed by atoms with van der Waals surface area (Å²) in [6.07, 6.45) is 3.75. The number of carbonyl (C=O) groups is 1. The highest BCUT2D eigenvalue weighted by Crippen LogP contribution is 2.31. The van der Waals surface area contributed by atoms with Crippen molar-refractivity contribution in [3.8, 4) is 0 Å². The van der Waals surface area contributed by atoms with Gasteiger partial charge in [0.25, 0.3) is 0 Å². The Hall–Kier alpha value is -1.39. The Morgan fingerprint density at radius 3 is 2.90 bits per heavy atom. The highest BCUT2D eigenvalue weighted by Gasteiger charge is 2.37. The zero-order valence-corrected chi connectivity index (χ0v) is 11.6. The number of hydrogen-bond donors (Lipinski definition) is 1. The summed E-state index contributed by atoms with van der Waals surface area (Å²) in [5.41, 5.74) is 0.890. The van der Waals surface area contributed by atoms with Crippen molar-refractivity contribution in [3.63, 3.8) is 0 Å². The van der Waals surface area contributed by atoms with Crippen molar-refractivity contribution in [2.75, 3.05) is 19.7 Å². The number of benzene rings is 1. The molecular formula is C16H21NO3. The van der Waals surface area contributed by atoms with Gasteiger partial charge in [0, 0.05) is 19.1 Å². The molecule has 1 aromatic rings. The van der Waals surface area contributed by atoms with Gasteiger partial charge in [-0.3, -0.25) is 9.69 Å². The van der Waals surface area contributed by atoms with Crippen molar-refractivity contribution >= 4 is 5.97 Å². The molecule has 4 nitrogen and oxygen atoms in total. The molecule has 2 fully saturated rings. The van der Waals surface area contributed by atoms with Crippen molar-refractivity contribution in [3.05, 3.63) is 35.9 Å². The topological polar surface area (TPSA) is 49.8 Å². The number of rotatable bonds is 4. The molecule has 1 N–H and O–H groups in total. The molecule has 1 aromatic carbocycles. The molecule has 3 atom stereocenters. The number of hydrogen-bond acceptors (Lipinski definition) is 3. The van der Waals surface area contributed by atoms with Gasteiger partial charge in [-0.2, -0.15) is 0 Å². The lowest BCUT2D eigenvalue weighted by atomic mass is 9.97. The first-order valence-electron chi connectivity index (χ1n) is 7.39. The second-order valence-electron chi connectivity index (χ2n) is 5.70. The van der Waals surface area contributed by atoms with Crippen LogP contribution in [0.25, 0.3) is 0 Å². The average Bonchev–Trinajstić information content (AvgIpc) is 2.94. The molecule has 1 aliphatic carbocycles. The molecule has 20 heavy (non-hydrogen) atoms. The molecule has 0 bridgehead atoms. The number of carboxylic acids is 1. The lowest BCUT2D eigenvalue weighted by Gasteiger charge is -2.38. The molecule has 3 unspecified atom stereocenters. The Bertz CT molecular complexity index is 462. The van der Waals surface area contributed by atoms with Crippen LogP contribution in [-0.4, -0.2) is 47.8 Å². The van der Waals surface area contributed by atoms with E-state index in [1.165, 1.54) is 6.42 Å². The van der Waals surface area contributed by atoms with Crippen LogP contribution >= 0.6 is 0 Å². The fourth-order valence-corrected chi connectivity index (χ4v) is 3.48. The number of morpholine rings is 1. The predicted molar refractivity (Wildman–Crippen MR) is 75.8 cm³/mol. The van der Waals surface area contributed by atoms with Crippen LogP contribution in [0.2, 0.25) is 0 Å². The van der Waals surface area contributed by atoms with Crippen molar-refractivity contribution in [1.29, 1.82) is 0 Å². The van der Waals surface area contributed by atoms with Crippen LogP contribution in [0.5, 0.6) is 0 Å². The summed E-state index contributed by atoms with van der Waals surface area (Å²) in [7, 11) is 0. The molecule has 1 heterocycles. The maximum Gasteiger partial charge on any atom is 0.312 e. The molecule has 2 aliphatic rings. The molecule has 108 valence electrons. The van der Waals surface area contributed by atoms with Crippen LogP contribution in [0.3, 0.4) is 0 Å². The standard InChI is InChI=1S/C16H21NO3/c18-16(19)13(12-5-2-1-3-6-12)11-17-9-10-20-15-8-4-7-14(15)17/h1-3,5-6,13-15H,4,7-11H2,(H,18,19). The molecule has 0 spiro atoms. The van der Waals surface area contributed by atoms with Crippen LogP contribution in [0, 0.1) is 0 Å². The van der Waals surface area contributed by atoms with E-state index in [0.29, 0.717) is 18.7 Å². The summed E-state index contributed by atoms with van der Waals surface area (Å²) in [5, 5.41) is 9.54. The first kappa shape index (κ1) is 13.6. The average molecular weight is 275 g/mol. The van der Waals surface area contributed by atoms with Gasteiger partial charge in [-0.1, -0.05) is 30.3 Å². The predicted octanol–water partition coefficient (Wildman–Crippen LogP) is 2.11. The summed E-state index contributed by atoms with van der Waals surface area (Å²) in [6.45, 7) is 2.16. The summed E-state index contributed by atoms with van der Waals surface area (Å²) >= 11 is 0. The maximum atomic E-state index is 11.6. The number of nitrogens with zero attached hydrogens (tertiary/aromatic N) is 1. The van der Waals surface area contributed by atoms with Gasteiger partial charge in [-0.05, 0) is 24.8 Å². The van der Waals surface area contributed by atoms with E-state index >= 15 is 0 Å². The van der Waals surface area contributed by atoms with Crippen molar-refractivity contribution in [2.45, 2.75) is 37.3 Å². The molecule has 1 saturated heterocycles. The van der Waals surface area contributed by atoms with Gasteiger partial charge in [0.05, 0.1) is 18.6 Å².